The lowest BCUT2D eigenvalue weighted by molar-refractivity contribution is 0.0133. The van der Waals surface area contributed by atoms with E-state index in [-0.39, 0.29) is 6.09 Å². The molecule has 2 aromatic rings. The van der Waals surface area contributed by atoms with Gasteiger partial charge in [-0.15, -0.1) is 0 Å². The fourth-order valence-electron chi connectivity index (χ4n) is 2.88. The molecule has 1 amide bonds. The highest BCUT2D eigenvalue weighted by molar-refractivity contribution is 5.68. The molecule has 1 saturated heterocycles. The molecule has 7 heteroatoms. The van der Waals surface area contributed by atoms with Crippen molar-refractivity contribution in [2.75, 3.05) is 33.3 Å². The standard InChI is InChI=1S/C20H27N3O4/c1-20(2,3)27-19(24)23-11-9-22(10-12-23)14-18-21-13-17(26-18)15-5-7-16(25-4)8-6-15/h5-8,13H,9-12,14H2,1-4H3. The molecule has 2 heterocycles. The molecule has 0 bridgehead atoms. The van der Waals surface area contributed by atoms with Crippen molar-refractivity contribution in [3.63, 3.8) is 0 Å². The fraction of sp³-hybridized carbons (Fsp3) is 0.500. The molecule has 3 rings (SSSR count). The van der Waals surface area contributed by atoms with Crippen molar-refractivity contribution in [2.24, 2.45) is 0 Å². The van der Waals surface area contributed by atoms with Crippen LogP contribution in [0.15, 0.2) is 34.9 Å². The number of carbonyl (C=O) groups excluding carboxylic acids is 1. The summed E-state index contributed by atoms with van der Waals surface area (Å²) in [6.07, 6.45) is 1.49. The molecule has 1 aliphatic rings. The molecule has 27 heavy (non-hydrogen) atoms. The van der Waals surface area contributed by atoms with E-state index in [2.05, 4.69) is 9.88 Å². The van der Waals surface area contributed by atoms with Gasteiger partial charge in [-0.2, -0.15) is 0 Å². The minimum absolute atomic E-state index is 0.250. The monoisotopic (exact) mass is 373 g/mol. The first-order chi connectivity index (χ1) is 12.8. The summed E-state index contributed by atoms with van der Waals surface area (Å²) in [5, 5.41) is 0. The third kappa shape index (κ3) is 5.23. The summed E-state index contributed by atoms with van der Waals surface area (Å²) < 4.78 is 16.5. The molecule has 0 unspecified atom stereocenters. The van der Waals surface area contributed by atoms with Gasteiger partial charge in [0.25, 0.3) is 0 Å². The summed E-state index contributed by atoms with van der Waals surface area (Å²) in [5.41, 5.74) is 0.494. The van der Waals surface area contributed by atoms with Crippen molar-refractivity contribution in [3.8, 4) is 17.1 Å². The van der Waals surface area contributed by atoms with Crippen LogP contribution in [-0.2, 0) is 11.3 Å². The van der Waals surface area contributed by atoms with Crippen LogP contribution in [-0.4, -0.2) is 59.8 Å². The molecule has 7 nitrogen and oxygen atoms in total. The first-order valence-electron chi connectivity index (χ1n) is 9.13. The molecule has 1 aliphatic heterocycles. The lowest BCUT2D eigenvalue weighted by Gasteiger charge is -2.35. The number of oxazole rings is 1. The van der Waals surface area contributed by atoms with Gasteiger partial charge >= 0.3 is 6.09 Å². The van der Waals surface area contributed by atoms with Crippen LogP contribution >= 0.6 is 0 Å². The van der Waals surface area contributed by atoms with Gasteiger partial charge in [0.1, 0.15) is 11.4 Å². The SMILES string of the molecule is COc1ccc(-c2cnc(CN3CCN(C(=O)OC(C)(C)C)CC3)o2)cc1. The van der Waals surface area contributed by atoms with Crippen molar-refractivity contribution >= 4 is 6.09 Å². The molecule has 1 fully saturated rings. The molecule has 1 aromatic carbocycles. The van der Waals surface area contributed by atoms with Crippen molar-refractivity contribution in [2.45, 2.75) is 32.9 Å². The zero-order valence-electron chi connectivity index (χ0n) is 16.4. The Balaban J connectivity index is 1.52. The summed E-state index contributed by atoms with van der Waals surface area (Å²) in [7, 11) is 1.64. The van der Waals surface area contributed by atoms with Gasteiger partial charge in [0.2, 0.25) is 5.89 Å². The predicted molar refractivity (Wildman–Crippen MR) is 102 cm³/mol. The number of amides is 1. The molecular formula is C20H27N3O4. The maximum absolute atomic E-state index is 12.1. The van der Waals surface area contributed by atoms with Crippen LogP contribution in [0, 0.1) is 0 Å². The number of benzene rings is 1. The molecule has 0 atom stereocenters. The maximum Gasteiger partial charge on any atom is 0.410 e. The Bertz CT molecular complexity index is 756. The Morgan fingerprint density at radius 1 is 1.15 bits per heavy atom. The summed E-state index contributed by atoms with van der Waals surface area (Å²) in [5.74, 6) is 2.22. The Kier molecular flexibility index (Phi) is 5.70. The minimum Gasteiger partial charge on any atom is -0.497 e. The van der Waals surface area contributed by atoms with Crippen molar-refractivity contribution in [3.05, 3.63) is 36.4 Å². The van der Waals surface area contributed by atoms with E-state index in [1.807, 2.05) is 45.0 Å². The van der Waals surface area contributed by atoms with Crippen molar-refractivity contribution < 1.29 is 18.7 Å². The third-order valence-electron chi connectivity index (χ3n) is 4.31. The maximum atomic E-state index is 12.1. The Labute approximate surface area is 159 Å². The number of nitrogens with zero attached hydrogens (tertiary/aromatic N) is 3. The summed E-state index contributed by atoms with van der Waals surface area (Å²) in [6, 6.07) is 7.69. The highest BCUT2D eigenvalue weighted by Crippen LogP contribution is 2.23. The second-order valence-electron chi connectivity index (χ2n) is 7.59. The summed E-state index contributed by atoms with van der Waals surface area (Å²) in [4.78, 5) is 20.5. The van der Waals surface area contributed by atoms with Crippen LogP contribution in [0.25, 0.3) is 11.3 Å². The zero-order chi connectivity index (χ0) is 19.4. The van der Waals surface area contributed by atoms with Gasteiger partial charge < -0.3 is 18.8 Å². The van der Waals surface area contributed by atoms with E-state index in [1.165, 1.54) is 0 Å². The van der Waals surface area contributed by atoms with E-state index < -0.39 is 5.60 Å². The lowest BCUT2D eigenvalue weighted by Crippen LogP contribution is -2.49. The Morgan fingerprint density at radius 2 is 1.81 bits per heavy atom. The highest BCUT2D eigenvalue weighted by Gasteiger charge is 2.26. The van der Waals surface area contributed by atoms with Gasteiger partial charge in [0.15, 0.2) is 5.76 Å². The molecule has 0 radical (unpaired) electrons. The first-order valence-corrected chi connectivity index (χ1v) is 9.13. The van der Waals surface area contributed by atoms with E-state index in [0.717, 1.165) is 30.2 Å². The van der Waals surface area contributed by atoms with E-state index >= 15 is 0 Å². The van der Waals surface area contributed by atoms with Crippen LogP contribution < -0.4 is 4.74 Å². The zero-order valence-corrected chi connectivity index (χ0v) is 16.4. The molecule has 0 saturated carbocycles. The number of rotatable bonds is 4. The average molecular weight is 373 g/mol. The number of hydrogen-bond donors (Lipinski definition) is 0. The van der Waals surface area contributed by atoms with Gasteiger partial charge in [-0.25, -0.2) is 9.78 Å². The number of piperazine rings is 1. The van der Waals surface area contributed by atoms with Crippen molar-refractivity contribution in [1.82, 2.24) is 14.8 Å². The second kappa shape index (κ2) is 8.00. The molecular weight excluding hydrogens is 346 g/mol. The molecule has 146 valence electrons. The minimum atomic E-state index is -0.468. The van der Waals surface area contributed by atoms with E-state index in [4.69, 9.17) is 13.9 Å². The highest BCUT2D eigenvalue weighted by atomic mass is 16.6. The van der Waals surface area contributed by atoms with E-state index in [0.29, 0.717) is 25.5 Å². The van der Waals surface area contributed by atoms with Gasteiger partial charge in [-0.3, -0.25) is 4.90 Å². The number of aromatic nitrogens is 1. The molecule has 1 aromatic heterocycles. The summed E-state index contributed by atoms with van der Waals surface area (Å²) >= 11 is 0. The lowest BCUT2D eigenvalue weighted by atomic mass is 10.2. The third-order valence-corrected chi connectivity index (χ3v) is 4.31. The van der Waals surface area contributed by atoms with Gasteiger partial charge in [-0.1, -0.05) is 0 Å². The quantitative estimate of drug-likeness (QED) is 0.818. The van der Waals surface area contributed by atoms with Crippen LogP contribution in [0.5, 0.6) is 5.75 Å². The van der Waals surface area contributed by atoms with Gasteiger partial charge in [0, 0.05) is 31.7 Å². The van der Waals surface area contributed by atoms with Crippen LogP contribution in [0.2, 0.25) is 0 Å². The van der Waals surface area contributed by atoms with Gasteiger partial charge in [0.05, 0.1) is 19.9 Å². The molecule has 0 spiro atoms. The predicted octanol–water partition coefficient (Wildman–Crippen LogP) is 3.40. The van der Waals surface area contributed by atoms with Gasteiger partial charge in [-0.05, 0) is 45.0 Å². The van der Waals surface area contributed by atoms with Crippen molar-refractivity contribution in [1.29, 1.82) is 0 Å². The van der Waals surface area contributed by atoms with E-state index in [1.54, 1.807) is 18.2 Å². The smallest absolute Gasteiger partial charge is 0.410 e. The van der Waals surface area contributed by atoms with Crippen LogP contribution in [0.4, 0.5) is 4.79 Å². The molecule has 0 N–H and O–H groups in total. The number of carbonyl (C=O) groups is 1. The average Bonchev–Trinajstić information content (AvgIpc) is 3.09. The fourth-order valence-corrected chi connectivity index (χ4v) is 2.88. The topological polar surface area (TPSA) is 68.0 Å². The summed E-state index contributed by atoms with van der Waals surface area (Å²) in [6.45, 7) is 9.07. The number of methoxy groups -OCH3 is 1. The second-order valence-corrected chi connectivity index (χ2v) is 7.59. The molecule has 0 aliphatic carbocycles. The number of hydrogen-bond acceptors (Lipinski definition) is 6. The number of ether oxygens (including phenoxy) is 2. The van der Waals surface area contributed by atoms with Crippen LogP contribution in [0.1, 0.15) is 26.7 Å². The Morgan fingerprint density at radius 3 is 2.41 bits per heavy atom. The van der Waals surface area contributed by atoms with Crippen LogP contribution in [0.3, 0.4) is 0 Å². The van der Waals surface area contributed by atoms with E-state index in [9.17, 15) is 4.79 Å². The largest absolute Gasteiger partial charge is 0.497 e. The normalized spacial score (nSPS) is 15.6. The Hall–Kier alpha value is -2.54. The first kappa shape index (κ1) is 19.2.